The first-order chi connectivity index (χ1) is 17.9. The monoisotopic (exact) mass is 526 g/mol. The summed E-state index contributed by atoms with van der Waals surface area (Å²) < 4.78 is 5.67. The van der Waals surface area contributed by atoms with E-state index in [1.165, 1.54) is 12.2 Å². The number of fused-ring (bicyclic) bond motifs is 2. The molecule has 7 unspecified atom stereocenters. The largest absolute Gasteiger partial charge is 0.375 e. The van der Waals surface area contributed by atoms with Crippen LogP contribution in [0.5, 0.6) is 0 Å². The Labute approximate surface area is 226 Å². The molecule has 0 aromatic rings. The SMILES string of the molecule is COC1/C=C\C=C(/C)C(=O)NC2=CC(=O)C=C(C2=O)C(C)C(C)CC(C)C(C)C(C)/C=C(\C)C1NOC=O. The Morgan fingerprint density at radius 1 is 1.03 bits per heavy atom. The Kier molecular flexibility index (Phi) is 11.6. The minimum Gasteiger partial charge on any atom is -0.375 e. The number of ketones is 2. The van der Waals surface area contributed by atoms with E-state index >= 15 is 0 Å². The summed E-state index contributed by atoms with van der Waals surface area (Å²) in [5.41, 5.74) is 4.47. The van der Waals surface area contributed by atoms with E-state index in [4.69, 9.17) is 9.57 Å². The molecule has 7 atom stereocenters. The first-order valence-electron chi connectivity index (χ1n) is 13.1. The normalized spacial score (nSPS) is 35.6. The number of carbonyl (C=O) groups is 4. The molecule has 8 nitrogen and oxygen atoms in total. The molecule has 1 amide bonds. The van der Waals surface area contributed by atoms with Gasteiger partial charge in [0, 0.05) is 24.3 Å². The van der Waals surface area contributed by atoms with Gasteiger partial charge in [0.25, 0.3) is 5.91 Å². The number of hydroxylamine groups is 1. The molecule has 1 heterocycles. The molecule has 0 radical (unpaired) electrons. The van der Waals surface area contributed by atoms with Crippen LogP contribution in [0.1, 0.15) is 54.9 Å². The number of nitrogens with one attached hydrogen (secondary N) is 2. The van der Waals surface area contributed by atoms with Gasteiger partial charge in [-0.2, -0.15) is 0 Å². The molecule has 0 fully saturated rings. The van der Waals surface area contributed by atoms with E-state index in [2.05, 4.69) is 44.6 Å². The highest BCUT2D eigenvalue weighted by molar-refractivity contribution is 6.21. The lowest BCUT2D eigenvalue weighted by atomic mass is 9.74. The van der Waals surface area contributed by atoms with Crippen LogP contribution in [0.2, 0.25) is 0 Å². The third kappa shape index (κ3) is 7.95. The second-order valence-corrected chi connectivity index (χ2v) is 10.7. The fraction of sp³-hybridized carbons (Fsp3) is 0.533. The fourth-order valence-corrected chi connectivity index (χ4v) is 5.01. The number of Topliss-reactive ketones (excluding diaryl/α,β-unsaturated/α-hetero) is 1. The third-order valence-corrected chi connectivity index (χ3v) is 8.02. The van der Waals surface area contributed by atoms with Crippen LogP contribution in [-0.2, 0) is 28.8 Å². The standard InChI is InChI=1S/C30H42N2O6/c1-17-10-9-11-27(37-8)28(32-38-16-33)21(5)13-19(3)22(6)18(2)12-20(4)23(7)25-14-24(34)15-26(29(25)35)31-30(17)36/h9-11,13-16,18-20,22-23,27-28,32H,12H2,1-8H3,(H,31,36)/b11-9-,17-10+,21-13+. The topological polar surface area (TPSA) is 111 Å². The van der Waals surface area contributed by atoms with Gasteiger partial charge in [-0.3, -0.25) is 19.2 Å². The summed E-state index contributed by atoms with van der Waals surface area (Å²) in [7, 11) is 1.55. The second-order valence-electron chi connectivity index (χ2n) is 10.7. The van der Waals surface area contributed by atoms with Crippen molar-refractivity contribution in [1.29, 1.82) is 0 Å². The molecule has 8 heteroatoms. The molecule has 1 aliphatic heterocycles. The average Bonchev–Trinajstić information content (AvgIpc) is 2.87. The van der Waals surface area contributed by atoms with E-state index < -0.39 is 18.1 Å². The molecule has 0 aromatic carbocycles. The minimum absolute atomic E-state index is 0.00824. The Hall–Kier alpha value is -3.10. The van der Waals surface area contributed by atoms with Gasteiger partial charge < -0.3 is 14.9 Å². The number of amides is 1. The van der Waals surface area contributed by atoms with Crippen LogP contribution in [0.3, 0.4) is 0 Å². The second kappa shape index (κ2) is 14.2. The lowest BCUT2D eigenvalue weighted by Gasteiger charge is -2.31. The number of ether oxygens (including phenoxy) is 1. The van der Waals surface area contributed by atoms with Crippen molar-refractivity contribution >= 4 is 23.9 Å². The van der Waals surface area contributed by atoms with E-state index in [0.29, 0.717) is 29.5 Å². The van der Waals surface area contributed by atoms with Crippen LogP contribution in [-0.4, -0.2) is 43.2 Å². The zero-order valence-corrected chi connectivity index (χ0v) is 23.7. The van der Waals surface area contributed by atoms with Crippen LogP contribution in [0.4, 0.5) is 0 Å². The maximum absolute atomic E-state index is 13.3. The summed E-state index contributed by atoms with van der Waals surface area (Å²) in [6.45, 7) is 14.5. The van der Waals surface area contributed by atoms with Gasteiger partial charge >= 0.3 is 6.47 Å². The van der Waals surface area contributed by atoms with Crippen molar-refractivity contribution in [1.82, 2.24) is 10.8 Å². The predicted molar refractivity (Wildman–Crippen MR) is 146 cm³/mol. The van der Waals surface area contributed by atoms with E-state index in [0.717, 1.165) is 12.0 Å². The van der Waals surface area contributed by atoms with E-state index in [1.54, 1.807) is 32.3 Å². The van der Waals surface area contributed by atoms with E-state index in [1.807, 2.05) is 13.8 Å². The highest BCUT2D eigenvalue weighted by Crippen LogP contribution is 2.34. The minimum atomic E-state index is -0.505. The van der Waals surface area contributed by atoms with Crippen molar-refractivity contribution in [3.05, 3.63) is 58.9 Å². The Morgan fingerprint density at radius 2 is 1.71 bits per heavy atom. The zero-order valence-electron chi connectivity index (χ0n) is 23.7. The molecular weight excluding hydrogens is 484 g/mol. The molecule has 0 spiro atoms. The Bertz CT molecular complexity index is 1070. The Morgan fingerprint density at radius 3 is 2.34 bits per heavy atom. The van der Waals surface area contributed by atoms with E-state index in [9.17, 15) is 19.2 Å². The molecule has 1 aliphatic carbocycles. The van der Waals surface area contributed by atoms with Crippen molar-refractivity contribution < 1.29 is 28.8 Å². The van der Waals surface area contributed by atoms with Gasteiger partial charge in [0.05, 0.1) is 17.8 Å². The molecule has 2 aliphatic rings. The van der Waals surface area contributed by atoms with Gasteiger partial charge in [-0.25, -0.2) is 0 Å². The van der Waals surface area contributed by atoms with Crippen molar-refractivity contribution in [2.75, 3.05) is 7.11 Å². The number of methoxy groups -OCH3 is 1. The van der Waals surface area contributed by atoms with Crippen LogP contribution in [0.25, 0.3) is 0 Å². The summed E-state index contributed by atoms with van der Waals surface area (Å²) in [5, 5.41) is 2.62. The molecule has 0 saturated heterocycles. The first-order valence-corrected chi connectivity index (χ1v) is 13.1. The van der Waals surface area contributed by atoms with Gasteiger partial charge in [-0.05, 0) is 55.9 Å². The van der Waals surface area contributed by atoms with Gasteiger partial charge in [0.15, 0.2) is 5.78 Å². The van der Waals surface area contributed by atoms with Gasteiger partial charge in [0.2, 0.25) is 5.78 Å². The average molecular weight is 527 g/mol. The van der Waals surface area contributed by atoms with Crippen molar-refractivity contribution in [3.8, 4) is 0 Å². The lowest BCUT2D eigenvalue weighted by Crippen LogP contribution is -2.41. The summed E-state index contributed by atoms with van der Waals surface area (Å²) in [6.07, 6.45) is 10.1. The van der Waals surface area contributed by atoms with Gasteiger partial charge in [0.1, 0.15) is 0 Å². The molecular formula is C30H42N2O6. The van der Waals surface area contributed by atoms with Crippen LogP contribution in [0, 0.1) is 29.6 Å². The predicted octanol–water partition coefficient (Wildman–Crippen LogP) is 4.16. The molecule has 2 N–H and O–H groups in total. The maximum Gasteiger partial charge on any atom is 0.312 e. The molecule has 208 valence electrons. The first kappa shape index (κ1) is 31.1. The van der Waals surface area contributed by atoms with Crippen LogP contribution >= 0.6 is 0 Å². The molecule has 2 bridgehead atoms. The van der Waals surface area contributed by atoms with Crippen molar-refractivity contribution in [2.45, 2.75) is 67.0 Å². The molecule has 2 rings (SSSR count). The zero-order chi connectivity index (χ0) is 28.6. The third-order valence-electron chi connectivity index (χ3n) is 8.02. The van der Waals surface area contributed by atoms with Crippen LogP contribution in [0.15, 0.2) is 58.9 Å². The number of hydrogen-bond acceptors (Lipinski definition) is 7. The summed E-state index contributed by atoms with van der Waals surface area (Å²) >= 11 is 0. The summed E-state index contributed by atoms with van der Waals surface area (Å²) in [6, 6.07) is -0.449. The number of carbonyl (C=O) groups excluding carboxylic acids is 4. The highest BCUT2D eigenvalue weighted by Gasteiger charge is 2.31. The highest BCUT2D eigenvalue weighted by atomic mass is 16.7. The van der Waals surface area contributed by atoms with Crippen LogP contribution < -0.4 is 10.8 Å². The quantitative estimate of drug-likeness (QED) is 0.245. The smallest absolute Gasteiger partial charge is 0.312 e. The maximum atomic E-state index is 13.3. The van der Waals surface area contributed by atoms with E-state index in [-0.39, 0.29) is 35.0 Å². The summed E-state index contributed by atoms with van der Waals surface area (Å²) in [5.74, 6) is -0.318. The number of allylic oxidation sites excluding steroid dienone is 6. The van der Waals surface area contributed by atoms with Gasteiger partial charge in [-0.15, -0.1) is 5.48 Å². The van der Waals surface area contributed by atoms with Crippen molar-refractivity contribution in [3.63, 3.8) is 0 Å². The number of hydrogen-bond donors (Lipinski definition) is 2. The molecule has 38 heavy (non-hydrogen) atoms. The number of rotatable bonds is 4. The molecule has 0 aromatic heterocycles. The fourth-order valence-electron chi connectivity index (χ4n) is 5.01. The Balaban J connectivity index is 2.53. The lowest BCUT2D eigenvalue weighted by molar-refractivity contribution is -0.138. The summed E-state index contributed by atoms with van der Waals surface area (Å²) in [4.78, 5) is 54.3. The van der Waals surface area contributed by atoms with Gasteiger partial charge in [-0.1, -0.05) is 64.5 Å². The van der Waals surface area contributed by atoms with Crippen molar-refractivity contribution in [2.24, 2.45) is 29.6 Å². The molecule has 0 saturated carbocycles.